The third-order valence-corrected chi connectivity index (χ3v) is 4.59. The number of nitrogens with zero attached hydrogens (tertiary/aromatic N) is 1. The van der Waals surface area contributed by atoms with Gasteiger partial charge >= 0.3 is 0 Å². The first-order valence-electron chi connectivity index (χ1n) is 8.76. The fraction of sp³-hybridized carbons (Fsp3) is 0.667. The lowest BCUT2D eigenvalue weighted by Gasteiger charge is -2.31. The highest BCUT2D eigenvalue weighted by molar-refractivity contribution is 5.93. The Morgan fingerprint density at radius 3 is 3.04 bits per heavy atom. The number of aromatic nitrogens is 1. The fourth-order valence-corrected chi connectivity index (χ4v) is 3.18. The van der Waals surface area contributed by atoms with E-state index >= 15 is 0 Å². The minimum absolute atomic E-state index is 0.0684. The normalized spacial score (nSPS) is 23.4. The van der Waals surface area contributed by atoms with Gasteiger partial charge in [-0.15, -0.1) is 0 Å². The summed E-state index contributed by atoms with van der Waals surface area (Å²) >= 11 is 0. The summed E-state index contributed by atoms with van der Waals surface area (Å²) in [7, 11) is 0. The van der Waals surface area contributed by atoms with Crippen LogP contribution in [0.15, 0.2) is 16.2 Å². The van der Waals surface area contributed by atoms with E-state index in [9.17, 15) is 4.79 Å². The molecule has 1 fully saturated rings. The number of carbonyl (C=O) groups is 1. The van der Waals surface area contributed by atoms with E-state index in [0.717, 1.165) is 43.4 Å². The molecule has 6 heteroatoms. The van der Waals surface area contributed by atoms with Crippen molar-refractivity contribution in [3.8, 4) is 0 Å². The average Bonchev–Trinajstić information content (AvgIpc) is 3.00. The Labute approximate surface area is 142 Å². The second-order valence-corrected chi connectivity index (χ2v) is 6.74. The molecule has 6 nitrogen and oxygen atoms in total. The van der Waals surface area contributed by atoms with E-state index in [1.54, 1.807) is 0 Å². The molecule has 0 aromatic carbocycles. The minimum Gasteiger partial charge on any atom is -0.379 e. The summed E-state index contributed by atoms with van der Waals surface area (Å²) in [6.07, 6.45) is 6.59. The summed E-state index contributed by atoms with van der Waals surface area (Å²) < 4.78 is 16.7. The summed E-state index contributed by atoms with van der Waals surface area (Å²) in [5.74, 6) is 0.188. The molecule has 1 aromatic rings. The second-order valence-electron chi connectivity index (χ2n) is 6.74. The molecule has 3 rings (SSSR count). The second kappa shape index (κ2) is 7.94. The van der Waals surface area contributed by atoms with E-state index in [-0.39, 0.29) is 18.1 Å². The van der Waals surface area contributed by atoms with Gasteiger partial charge in [-0.2, -0.15) is 0 Å². The van der Waals surface area contributed by atoms with Crippen molar-refractivity contribution < 1.29 is 18.8 Å². The summed E-state index contributed by atoms with van der Waals surface area (Å²) in [5.41, 5.74) is 3.13. The summed E-state index contributed by atoms with van der Waals surface area (Å²) in [5, 5.41) is 7.12. The van der Waals surface area contributed by atoms with Crippen molar-refractivity contribution in [3.05, 3.63) is 28.7 Å². The molecule has 0 spiro atoms. The number of hydrogen-bond donors (Lipinski definition) is 1. The molecule has 0 saturated carbocycles. The molecular formula is C18H26N2O4. The van der Waals surface area contributed by atoms with Gasteiger partial charge in [0.1, 0.15) is 6.10 Å². The van der Waals surface area contributed by atoms with Crippen molar-refractivity contribution >= 4 is 5.91 Å². The zero-order valence-electron chi connectivity index (χ0n) is 14.5. The molecule has 1 aliphatic carbocycles. The molecule has 1 amide bonds. The molecule has 1 aromatic heterocycles. The van der Waals surface area contributed by atoms with Crippen molar-refractivity contribution in [2.45, 2.75) is 58.1 Å². The Bertz CT molecular complexity index is 604. The lowest BCUT2D eigenvalue weighted by Crippen LogP contribution is -2.50. The Hall–Kier alpha value is -1.66. The maximum atomic E-state index is 12.6. The van der Waals surface area contributed by atoms with Crippen molar-refractivity contribution in [1.29, 1.82) is 0 Å². The first kappa shape index (κ1) is 17.2. The summed E-state index contributed by atoms with van der Waals surface area (Å²) in [6.45, 7) is 5.72. The van der Waals surface area contributed by atoms with Crippen LogP contribution in [0.4, 0.5) is 0 Å². The standard InChI is InChI=1S/C18H26N2O4/c1-12(2)7-10-23-16-11-22-9-8-15(16)19-18(21)17-13-5-3-4-6-14(13)20-24-17/h7,15-16H,3-6,8-11H2,1-2H3,(H,19,21)/t15-,16-/m1/s1. The first-order valence-corrected chi connectivity index (χ1v) is 8.76. The molecular weight excluding hydrogens is 308 g/mol. The van der Waals surface area contributed by atoms with Gasteiger partial charge in [-0.05, 0) is 46.0 Å². The molecule has 1 saturated heterocycles. The highest BCUT2D eigenvalue weighted by atomic mass is 16.5. The number of aryl methyl sites for hydroxylation is 1. The number of ether oxygens (including phenoxy) is 2. The molecule has 0 unspecified atom stereocenters. The zero-order chi connectivity index (χ0) is 16.9. The Kier molecular flexibility index (Phi) is 5.68. The van der Waals surface area contributed by atoms with Crippen LogP contribution in [0.3, 0.4) is 0 Å². The third-order valence-electron chi connectivity index (χ3n) is 4.59. The highest BCUT2D eigenvalue weighted by Crippen LogP contribution is 2.24. The molecule has 2 atom stereocenters. The maximum Gasteiger partial charge on any atom is 0.290 e. The van der Waals surface area contributed by atoms with E-state index in [1.165, 1.54) is 5.57 Å². The van der Waals surface area contributed by atoms with Crippen molar-refractivity contribution in [2.75, 3.05) is 19.8 Å². The van der Waals surface area contributed by atoms with E-state index in [4.69, 9.17) is 14.0 Å². The lowest BCUT2D eigenvalue weighted by atomic mass is 9.95. The predicted molar refractivity (Wildman–Crippen MR) is 89.0 cm³/mol. The number of allylic oxidation sites excluding steroid dienone is 1. The monoisotopic (exact) mass is 334 g/mol. The molecule has 2 aliphatic rings. The molecule has 2 heterocycles. The third kappa shape index (κ3) is 4.05. The van der Waals surface area contributed by atoms with Gasteiger partial charge in [0.2, 0.25) is 5.76 Å². The molecule has 24 heavy (non-hydrogen) atoms. The van der Waals surface area contributed by atoms with Crippen LogP contribution in [0, 0.1) is 0 Å². The van der Waals surface area contributed by atoms with Crippen molar-refractivity contribution in [3.63, 3.8) is 0 Å². The molecule has 1 aliphatic heterocycles. The van der Waals surface area contributed by atoms with E-state index in [2.05, 4.69) is 10.5 Å². The number of carbonyl (C=O) groups excluding carboxylic acids is 1. The summed E-state index contributed by atoms with van der Waals surface area (Å²) in [4.78, 5) is 12.6. The predicted octanol–water partition coefficient (Wildman–Crippen LogP) is 2.42. The van der Waals surface area contributed by atoms with E-state index in [0.29, 0.717) is 25.6 Å². The van der Waals surface area contributed by atoms with Crippen LogP contribution in [-0.2, 0) is 22.3 Å². The Balaban J connectivity index is 1.63. The quantitative estimate of drug-likeness (QED) is 0.837. The average molecular weight is 334 g/mol. The van der Waals surface area contributed by atoms with Crippen LogP contribution in [0.1, 0.15) is 54.9 Å². The van der Waals surface area contributed by atoms with Gasteiger partial charge in [-0.25, -0.2) is 0 Å². The number of nitrogens with one attached hydrogen (secondary N) is 1. The van der Waals surface area contributed by atoms with Gasteiger partial charge in [0, 0.05) is 12.2 Å². The van der Waals surface area contributed by atoms with Crippen LogP contribution in [0.25, 0.3) is 0 Å². The van der Waals surface area contributed by atoms with Crippen molar-refractivity contribution in [1.82, 2.24) is 10.5 Å². The number of hydrogen-bond acceptors (Lipinski definition) is 5. The largest absolute Gasteiger partial charge is 0.379 e. The van der Waals surface area contributed by atoms with E-state index < -0.39 is 0 Å². The lowest BCUT2D eigenvalue weighted by molar-refractivity contribution is -0.0590. The van der Waals surface area contributed by atoms with Crippen LogP contribution < -0.4 is 5.32 Å². The van der Waals surface area contributed by atoms with Gasteiger partial charge in [-0.1, -0.05) is 16.8 Å². The Morgan fingerprint density at radius 1 is 1.38 bits per heavy atom. The van der Waals surface area contributed by atoms with Crippen LogP contribution in [0.2, 0.25) is 0 Å². The molecule has 132 valence electrons. The zero-order valence-corrected chi connectivity index (χ0v) is 14.5. The first-order chi connectivity index (χ1) is 11.6. The highest BCUT2D eigenvalue weighted by Gasteiger charge is 2.31. The fourth-order valence-electron chi connectivity index (χ4n) is 3.18. The minimum atomic E-state index is -0.187. The maximum absolute atomic E-state index is 12.6. The molecule has 0 bridgehead atoms. The van der Waals surface area contributed by atoms with Crippen molar-refractivity contribution in [2.24, 2.45) is 0 Å². The number of rotatable bonds is 5. The van der Waals surface area contributed by atoms with Gasteiger partial charge in [0.05, 0.1) is 24.9 Å². The van der Waals surface area contributed by atoms with Gasteiger partial charge in [-0.3, -0.25) is 4.79 Å². The number of amides is 1. The number of fused-ring (bicyclic) bond motifs is 1. The van der Waals surface area contributed by atoms with Gasteiger partial charge in [0.15, 0.2) is 0 Å². The SMILES string of the molecule is CC(C)=CCO[C@@H]1COCC[C@H]1NC(=O)c1onc2c1CCCC2. The van der Waals surface area contributed by atoms with Crippen LogP contribution in [0.5, 0.6) is 0 Å². The molecule has 0 radical (unpaired) electrons. The van der Waals surface area contributed by atoms with Gasteiger partial charge in [0.25, 0.3) is 5.91 Å². The topological polar surface area (TPSA) is 73.6 Å². The Morgan fingerprint density at radius 2 is 2.21 bits per heavy atom. The summed E-state index contributed by atoms with van der Waals surface area (Å²) in [6, 6.07) is -0.0684. The van der Waals surface area contributed by atoms with E-state index in [1.807, 2.05) is 19.9 Å². The van der Waals surface area contributed by atoms with Crippen LogP contribution in [-0.4, -0.2) is 43.0 Å². The van der Waals surface area contributed by atoms with Crippen LogP contribution >= 0.6 is 0 Å². The molecule has 1 N–H and O–H groups in total. The smallest absolute Gasteiger partial charge is 0.290 e. The van der Waals surface area contributed by atoms with Gasteiger partial charge < -0.3 is 19.3 Å².